The molecule has 1 amide bonds. The average molecular weight is 287 g/mol. The summed E-state index contributed by atoms with van der Waals surface area (Å²) in [6.07, 6.45) is -0.672. The maximum absolute atomic E-state index is 13.1. The van der Waals surface area contributed by atoms with E-state index in [9.17, 15) is 9.18 Å². The molecule has 2 aromatic rings. The minimum atomic E-state index is -0.672. The minimum Gasteiger partial charge on any atom is -0.481 e. The normalized spacial score (nSPS) is 11.8. The molecular weight excluding hydrogens is 269 g/mol. The smallest absolute Gasteiger partial charge is 0.265 e. The predicted molar refractivity (Wildman–Crippen MR) is 81.0 cm³/mol. The van der Waals surface area contributed by atoms with Crippen molar-refractivity contribution in [1.82, 2.24) is 0 Å². The van der Waals surface area contributed by atoms with Gasteiger partial charge in [-0.1, -0.05) is 18.2 Å². The third-order valence-corrected chi connectivity index (χ3v) is 3.32. The third-order valence-electron chi connectivity index (χ3n) is 3.32. The van der Waals surface area contributed by atoms with Gasteiger partial charge in [-0.2, -0.15) is 0 Å². The van der Waals surface area contributed by atoms with Crippen molar-refractivity contribution in [2.75, 3.05) is 5.32 Å². The van der Waals surface area contributed by atoms with Crippen molar-refractivity contribution in [3.05, 3.63) is 59.4 Å². The van der Waals surface area contributed by atoms with Gasteiger partial charge in [-0.25, -0.2) is 4.39 Å². The zero-order chi connectivity index (χ0) is 15.4. The lowest BCUT2D eigenvalue weighted by Gasteiger charge is -2.17. The molecule has 1 N–H and O–H groups in total. The molecule has 0 aromatic heterocycles. The Balaban J connectivity index is 2.04. The number of halogens is 1. The van der Waals surface area contributed by atoms with E-state index in [4.69, 9.17) is 4.74 Å². The van der Waals surface area contributed by atoms with Crippen LogP contribution in [0.5, 0.6) is 5.75 Å². The first-order valence-corrected chi connectivity index (χ1v) is 6.76. The average Bonchev–Trinajstić information content (AvgIpc) is 2.44. The molecule has 2 aromatic carbocycles. The maximum Gasteiger partial charge on any atom is 0.265 e. The molecule has 0 aliphatic rings. The second-order valence-corrected chi connectivity index (χ2v) is 4.96. The Kier molecular flexibility index (Phi) is 4.58. The molecule has 2 rings (SSSR count). The van der Waals surface area contributed by atoms with E-state index in [-0.39, 0.29) is 5.91 Å². The van der Waals surface area contributed by atoms with Crippen LogP contribution >= 0.6 is 0 Å². The van der Waals surface area contributed by atoms with Crippen LogP contribution in [0.3, 0.4) is 0 Å². The van der Waals surface area contributed by atoms with Crippen molar-refractivity contribution < 1.29 is 13.9 Å². The lowest BCUT2D eigenvalue weighted by atomic mass is 10.1. The van der Waals surface area contributed by atoms with Gasteiger partial charge >= 0.3 is 0 Å². The molecule has 110 valence electrons. The third kappa shape index (κ3) is 3.81. The number of hydrogen-bond donors (Lipinski definition) is 1. The van der Waals surface area contributed by atoms with Gasteiger partial charge in [0, 0.05) is 5.69 Å². The Morgan fingerprint density at radius 1 is 1.19 bits per heavy atom. The highest BCUT2D eigenvalue weighted by molar-refractivity contribution is 5.94. The maximum atomic E-state index is 13.1. The molecule has 0 fully saturated rings. The quantitative estimate of drug-likeness (QED) is 0.927. The molecule has 0 radical (unpaired) electrons. The summed E-state index contributed by atoms with van der Waals surface area (Å²) in [4.78, 5) is 12.1. The van der Waals surface area contributed by atoms with Gasteiger partial charge in [-0.3, -0.25) is 4.79 Å². The molecule has 3 nitrogen and oxygen atoms in total. The lowest BCUT2D eigenvalue weighted by molar-refractivity contribution is -0.122. The van der Waals surface area contributed by atoms with Crippen molar-refractivity contribution in [2.45, 2.75) is 26.9 Å². The van der Waals surface area contributed by atoms with Gasteiger partial charge in [0.15, 0.2) is 6.10 Å². The van der Waals surface area contributed by atoms with Crippen molar-refractivity contribution in [2.24, 2.45) is 0 Å². The number of amides is 1. The standard InChI is InChI=1S/C17H18FNO2/c1-11-6-4-9-16(12(11)2)21-13(3)17(20)19-15-8-5-7-14(18)10-15/h4-10,13H,1-3H3,(H,19,20)/t13-/m1/s1. The van der Waals surface area contributed by atoms with Crippen LogP contribution in [0.4, 0.5) is 10.1 Å². The highest BCUT2D eigenvalue weighted by Crippen LogP contribution is 2.22. The monoisotopic (exact) mass is 287 g/mol. The van der Waals surface area contributed by atoms with Gasteiger partial charge < -0.3 is 10.1 Å². The van der Waals surface area contributed by atoms with Gasteiger partial charge in [0.05, 0.1) is 0 Å². The summed E-state index contributed by atoms with van der Waals surface area (Å²) in [6.45, 7) is 5.60. The number of rotatable bonds is 4. The molecule has 0 saturated carbocycles. The van der Waals surface area contributed by atoms with Gasteiger partial charge in [-0.05, 0) is 56.2 Å². The largest absolute Gasteiger partial charge is 0.481 e. The molecule has 0 aliphatic carbocycles. The summed E-state index contributed by atoms with van der Waals surface area (Å²) in [6, 6.07) is 11.5. The topological polar surface area (TPSA) is 38.3 Å². The van der Waals surface area contributed by atoms with E-state index >= 15 is 0 Å². The summed E-state index contributed by atoms with van der Waals surface area (Å²) in [5.41, 5.74) is 2.52. The van der Waals surface area contributed by atoms with E-state index < -0.39 is 11.9 Å². The molecular formula is C17H18FNO2. The van der Waals surface area contributed by atoms with Crippen LogP contribution in [0.1, 0.15) is 18.1 Å². The number of aryl methyl sites for hydroxylation is 1. The number of nitrogens with one attached hydrogen (secondary N) is 1. The number of anilines is 1. The highest BCUT2D eigenvalue weighted by Gasteiger charge is 2.16. The van der Waals surface area contributed by atoms with Crippen LogP contribution in [0.15, 0.2) is 42.5 Å². The van der Waals surface area contributed by atoms with Crippen molar-refractivity contribution >= 4 is 11.6 Å². The van der Waals surface area contributed by atoms with Crippen LogP contribution < -0.4 is 10.1 Å². The Hall–Kier alpha value is -2.36. The fourth-order valence-electron chi connectivity index (χ4n) is 1.91. The minimum absolute atomic E-state index is 0.318. The number of carbonyl (C=O) groups is 1. The summed E-state index contributed by atoms with van der Waals surface area (Å²) >= 11 is 0. The second kappa shape index (κ2) is 6.39. The van der Waals surface area contributed by atoms with Gasteiger partial charge in [0.25, 0.3) is 5.91 Å². The Bertz CT molecular complexity index is 655. The molecule has 0 heterocycles. The molecule has 21 heavy (non-hydrogen) atoms. The first-order valence-electron chi connectivity index (χ1n) is 6.76. The zero-order valence-electron chi connectivity index (χ0n) is 12.3. The fourth-order valence-corrected chi connectivity index (χ4v) is 1.91. The first-order chi connectivity index (χ1) is 9.97. The number of ether oxygens (including phenoxy) is 1. The number of hydrogen-bond acceptors (Lipinski definition) is 2. The van der Waals surface area contributed by atoms with Crippen LogP contribution in [0.2, 0.25) is 0 Å². The number of carbonyl (C=O) groups excluding carboxylic acids is 1. The second-order valence-electron chi connectivity index (χ2n) is 4.96. The molecule has 1 atom stereocenters. The fraction of sp³-hybridized carbons (Fsp3) is 0.235. The van der Waals surface area contributed by atoms with Crippen molar-refractivity contribution in [3.63, 3.8) is 0 Å². The number of benzene rings is 2. The van der Waals surface area contributed by atoms with Crippen molar-refractivity contribution in [1.29, 1.82) is 0 Å². The van der Waals surface area contributed by atoms with Crippen LogP contribution in [-0.2, 0) is 4.79 Å². The Morgan fingerprint density at radius 3 is 2.62 bits per heavy atom. The predicted octanol–water partition coefficient (Wildman–Crippen LogP) is 3.85. The van der Waals surface area contributed by atoms with Gasteiger partial charge in [-0.15, -0.1) is 0 Å². The first kappa shape index (κ1) is 15.0. The molecule has 0 saturated heterocycles. The van der Waals surface area contributed by atoms with E-state index in [1.807, 2.05) is 32.0 Å². The lowest BCUT2D eigenvalue weighted by Crippen LogP contribution is -2.30. The Labute approximate surface area is 123 Å². The van der Waals surface area contributed by atoms with E-state index in [0.29, 0.717) is 11.4 Å². The SMILES string of the molecule is Cc1cccc(O[C@H](C)C(=O)Nc2cccc(F)c2)c1C. The van der Waals surface area contributed by atoms with E-state index in [1.54, 1.807) is 19.1 Å². The van der Waals surface area contributed by atoms with Gasteiger partial charge in [0.1, 0.15) is 11.6 Å². The van der Waals surface area contributed by atoms with E-state index in [2.05, 4.69) is 5.32 Å². The zero-order valence-corrected chi connectivity index (χ0v) is 12.3. The van der Waals surface area contributed by atoms with E-state index in [1.165, 1.54) is 12.1 Å². The summed E-state index contributed by atoms with van der Waals surface area (Å²) in [5.74, 6) is -0.0331. The summed E-state index contributed by atoms with van der Waals surface area (Å²) in [5, 5.41) is 2.63. The van der Waals surface area contributed by atoms with Gasteiger partial charge in [0.2, 0.25) is 0 Å². The molecule has 0 unspecified atom stereocenters. The highest BCUT2D eigenvalue weighted by atomic mass is 19.1. The Morgan fingerprint density at radius 2 is 1.90 bits per heavy atom. The molecule has 0 spiro atoms. The van der Waals surface area contributed by atoms with Crippen LogP contribution in [-0.4, -0.2) is 12.0 Å². The van der Waals surface area contributed by atoms with E-state index in [0.717, 1.165) is 11.1 Å². The molecule has 4 heteroatoms. The van der Waals surface area contributed by atoms with Crippen LogP contribution in [0.25, 0.3) is 0 Å². The molecule has 0 aliphatic heterocycles. The summed E-state index contributed by atoms with van der Waals surface area (Å²) in [7, 11) is 0. The van der Waals surface area contributed by atoms with Crippen molar-refractivity contribution in [3.8, 4) is 5.75 Å². The summed E-state index contributed by atoms with van der Waals surface area (Å²) < 4.78 is 18.8. The van der Waals surface area contributed by atoms with Crippen LogP contribution in [0, 0.1) is 19.7 Å². The molecule has 0 bridgehead atoms.